The summed E-state index contributed by atoms with van der Waals surface area (Å²) in [6.45, 7) is -0.0601. The van der Waals surface area contributed by atoms with Gasteiger partial charge in [-0.2, -0.15) is 7.77 Å². The van der Waals surface area contributed by atoms with Crippen LogP contribution in [0.5, 0.6) is 0 Å². The average molecular weight is 252 g/mol. The number of halogens is 2. The van der Waals surface area contributed by atoms with Gasteiger partial charge in [0.2, 0.25) is 0 Å². The Morgan fingerprint density at radius 2 is 1.79 bits per heavy atom. The molecule has 0 N–H and O–H groups in total. The maximum absolute atomic E-state index is 12.4. The highest BCUT2D eigenvalue weighted by atomic mass is 32.3. The third-order valence-corrected chi connectivity index (χ3v) is 3.74. The lowest BCUT2D eigenvalue weighted by Gasteiger charge is -2.16. The van der Waals surface area contributed by atoms with Gasteiger partial charge in [0.25, 0.3) is 0 Å². The second-order valence-electron chi connectivity index (χ2n) is 2.58. The van der Waals surface area contributed by atoms with Crippen molar-refractivity contribution in [3.05, 3.63) is 0 Å². The van der Waals surface area contributed by atoms with E-state index in [4.69, 9.17) is 4.52 Å². The highest BCUT2D eigenvalue weighted by Gasteiger charge is 2.23. The summed E-state index contributed by atoms with van der Waals surface area (Å²) in [6, 6.07) is 0. The zero-order valence-electron chi connectivity index (χ0n) is 8.37. The molecule has 0 saturated heterocycles. The first-order valence-electron chi connectivity index (χ1n) is 3.84. The normalized spacial score (nSPS) is 14.4. The van der Waals surface area contributed by atoms with Gasteiger partial charge in [-0.25, -0.2) is 4.57 Å². The Kier molecular flexibility index (Phi) is 6.16. The SMILES string of the molecule is COP(=O)(OC)OCCCS(C)(F)F. The summed E-state index contributed by atoms with van der Waals surface area (Å²) in [4.78, 5) is 0. The molecule has 0 rings (SSSR count). The fraction of sp³-hybridized carbons (Fsp3) is 1.00. The number of hydrogen-bond acceptors (Lipinski definition) is 4. The number of rotatable bonds is 7. The van der Waals surface area contributed by atoms with E-state index in [1.165, 1.54) is 14.2 Å². The number of phosphoric ester groups is 1. The van der Waals surface area contributed by atoms with Crippen LogP contribution in [0.2, 0.25) is 0 Å². The van der Waals surface area contributed by atoms with Crippen molar-refractivity contribution in [1.29, 1.82) is 0 Å². The summed E-state index contributed by atoms with van der Waals surface area (Å²) < 4.78 is 49.6. The Hall–Kier alpha value is 0.320. The molecule has 0 saturated carbocycles. The Labute approximate surface area is 84.4 Å². The Bertz CT molecular complexity index is 200. The summed E-state index contributed by atoms with van der Waals surface area (Å²) in [6.07, 6.45) is 1.04. The Balaban J connectivity index is 3.69. The maximum Gasteiger partial charge on any atom is 0.474 e. The molecule has 4 nitrogen and oxygen atoms in total. The van der Waals surface area contributed by atoms with Crippen molar-refractivity contribution >= 4 is 18.6 Å². The molecular formula is C6H15F2O4PS. The Morgan fingerprint density at radius 3 is 2.14 bits per heavy atom. The standard InChI is InChI=1S/C6H15F2O4PS/c1-10-13(9,11-2)12-5-4-6-14(3,7)8/h4-6H2,1-3H3. The van der Waals surface area contributed by atoms with Crippen molar-refractivity contribution in [3.63, 3.8) is 0 Å². The van der Waals surface area contributed by atoms with Crippen LogP contribution in [0.15, 0.2) is 0 Å². The van der Waals surface area contributed by atoms with E-state index in [0.29, 0.717) is 0 Å². The monoisotopic (exact) mass is 252 g/mol. The van der Waals surface area contributed by atoms with Crippen LogP contribution in [0.25, 0.3) is 0 Å². The molecule has 0 aliphatic rings. The summed E-state index contributed by atoms with van der Waals surface area (Å²) in [5.41, 5.74) is 0. The van der Waals surface area contributed by atoms with Crippen LogP contribution >= 0.6 is 18.6 Å². The van der Waals surface area contributed by atoms with E-state index in [2.05, 4.69) is 9.05 Å². The molecule has 0 aromatic rings. The molecule has 0 atom stereocenters. The molecule has 0 aromatic heterocycles. The first-order chi connectivity index (χ1) is 6.33. The zero-order chi connectivity index (χ0) is 11.2. The van der Waals surface area contributed by atoms with Crippen LogP contribution < -0.4 is 0 Å². The molecule has 0 spiro atoms. The quantitative estimate of drug-likeness (QED) is 0.516. The maximum atomic E-state index is 12.4. The molecule has 0 aromatic carbocycles. The molecule has 0 fully saturated rings. The average Bonchev–Trinajstić information content (AvgIpc) is 2.11. The van der Waals surface area contributed by atoms with Gasteiger partial charge in [-0.15, -0.1) is 0 Å². The second kappa shape index (κ2) is 6.02. The first kappa shape index (κ1) is 14.3. The van der Waals surface area contributed by atoms with Crippen LogP contribution in [0.4, 0.5) is 7.77 Å². The van der Waals surface area contributed by atoms with E-state index in [0.717, 1.165) is 6.26 Å². The smallest absolute Gasteiger partial charge is 0.290 e. The summed E-state index contributed by atoms with van der Waals surface area (Å²) in [7, 11) is -4.66. The lowest BCUT2D eigenvalue weighted by atomic mass is 10.5. The lowest BCUT2D eigenvalue weighted by molar-refractivity contribution is 0.152. The van der Waals surface area contributed by atoms with Gasteiger partial charge in [0, 0.05) is 26.2 Å². The fourth-order valence-electron chi connectivity index (χ4n) is 0.669. The molecule has 0 heterocycles. The van der Waals surface area contributed by atoms with Crippen LogP contribution in [-0.2, 0) is 18.1 Å². The first-order valence-corrected chi connectivity index (χ1v) is 7.31. The van der Waals surface area contributed by atoms with Crippen molar-refractivity contribution in [2.45, 2.75) is 6.42 Å². The molecule has 0 amide bonds. The highest BCUT2D eigenvalue weighted by molar-refractivity contribution is 8.24. The van der Waals surface area contributed by atoms with Crippen LogP contribution in [0.3, 0.4) is 0 Å². The zero-order valence-corrected chi connectivity index (χ0v) is 10.1. The van der Waals surface area contributed by atoms with Gasteiger partial charge >= 0.3 is 7.82 Å². The van der Waals surface area contributed by atoms with Gasteiger partial charge in [0.05, 0.1) is 17.4 Å². The number of hydrogen-bond donors (Lipinski definition) is 0. The van der Waals surface area contributed by atoms with Crippen molar-refractivity contribution in [3.8, 4) is 0 Å². The third kappa shape index (κ3) is 6.73. The van der Waals surface area contributed by atoms with Gasteiger partial charge in [0.1, 0.15) is 0 Å². The predicted molar refractivity (Wildman–Crippen MR) is 52.8 cm³/mol. The van der Waals surface area contributed by atoms with E-state index < -0.39 is 18.6 Å². The molecular weight excluding hydrogens is 237 g/mol. The fourth-order valence-corrected chi connectivity index (χ4v) is 2.01. The molecule has 0 radical (unpaired) electrons. The van der Waals surface area contributed by atoms with Crippen LogP contribution in [0, 0.1) is 0 Å². The summed E-state index contributed by atoms with van der Waals surface area (Å²) in [5, 5.41) is 0. The lowest BCUT2D eigenvalue weighted by Crippen LogP contribution is -2.00. The van der Waals surface area contributed by atoms with E-state index in [-0.39, 0.29) is 18.8 Å². The molecule has 0 unspecified atom stereocenters. The molecule has 0 aliphatic carbocycles. The number of phosphoric acid groups is 1. The van der Waals surface area contributed by atoms with Crippen molar-refractivity contribution in [2.24, 2.45) is 0 Å². The molecule has 0 bridgehead atoms. The van der Waals surface area contributed by atoms with E-state index >= 15 is 0 Å². The van der Waals surface area contributed by atoms with Crippen LogP contribution in [-0.4, -0.2) is 32.8 Å². The highest BCUT2D eigenvalue weighted by Crippen LogP contribution is 2.50. The third-order valence-electron chi connectivity index (χ3n) is 1.34. The van der Waals surface area contributed by atoms with Crippen molar-refractivity contribution in [2.75, 3.05) is 32.8 Å². The predicted octanol–water partition coefficient (Wildman–Crippen LogP) is 3.00. The van der Waals surface area contributed by atoms with Crippen molar-refractivity contribution in [1.82, 2.24) is 0 Å². The summed E-state index contributed by atoms with van der Waals surface area (Å²) >= 11 is 0. The van der Waals surface area contributed by atoms with E-state index in [1.807, 2.05) is 0 Å². The van der Waals surface area contributed by atoms with E-state index in [1.54, 1.807) is 0 Å². The van der Waals surface area contributed by atoms with E-state index in [9.17, 15) is 12.3 Å². The molecule has 0 aliphatic heterocycles. The minimum absolute atomic E-state index is 0.0601. The Morgan fingerprint density at radius 1 is 1.29 bits per heavy atom. The second-order valence-corrected chi connectivity index (χ2v) is 6.62. The van der Waals surface area contributed by atoms with Crippen LogP contribution in [0.1, 0.15) is 6.42 Å². The van der Waals surface area contributed by atoms with Crippen molar-refractivity contribution < 1.29 is 25.9 Å². The molecule has 88 valence electrons. The molecule has 8 heteroatoms. The van der Waals surface area contributed by atoms with Gasteiger partial charge in [-0.05, 0) is 6.42 Å². The molecule has 14 heavy (non-hydrogen) atoms. The van der Waals surface area contributed by atoms with Gasteiger partial charge in [0.15, 0.2) is 0 Å². The van der Waals surface area contributed by atoms with Gasteiger partial charge in [-0.1, -0.05) is 0 Å². The largest absolute Gasteiger partial charge is 0.474 e. The topological polar surface area (TPSA) is 44.8 Å². The van der Waals surface area contributed by atoms with Gasteiger partial charge in [-0.3, -0.25) is 13.6 Å². The van der Waals surface area contributed by atoms with Gasteiger partial charge < -0.3 is 0 Å². The summed E-state index contributed by atoms with van der Waals surface area (Å²) in [5.74, 6) is -0.236. The minimum atomic E-state index is -3.51. The minimum Gasteiger partial charge on any atom is -0.290 e.